The Balaban J connectivity index is 3.01. The average Bonchev–Trinajstić information content (AvgIpc) is 2.03. The van der Waals surface area contributed by atoms with Gasteiger partial charge in [0.2, 0.25) is 0 Å². The van der Waals surface area contributed by atoms with E-state index in [2.05, 4.69) is 0 Å². The lowest BCUT2D eigenvalue weighted by atomic mass is 10.1. The first kappa shape index (κ1) is 9.81. The minimum Gasteiger partial charge on any atom is -0.393 e. The maximum Gasteiger partial charge on any atom is 0.103 e. The van der Waals surface area contributed by atoms with E-state index in [1.807, 2.05) is 0 Å². The van der Waals surface area contributed by atoms with Gasteiger partial charge in [0.25, 0.3) is 0 Å². The molecule has 0 saturated carbocycles. The molecule has 2 N–H and O–H groups in total. The van der Waals surface area contributed by atoms with Crippen LogP contribution in [0.3, 0.4) is 0 Å². The van der Waals surface area contributed by atoms with Crippen LogP contribution in [0.5, 0.6) is 0 Å². The van der Waals surface area contributed by atoms with Gasteiger partial charge in [0, 0.05) is 15.6 Å². The molecule has 2 nitrogen and oxygen atoms in total. The minimum atomic E-state index is -0.935. The van der Waals surface area contributed by atoms with Crippen LogP contribution < -0.4 is 0 Å². The molecule has 0 amide bonds. The van der Waals surface area contributed by atoms with Gasteiger partial charge in [0.1, 0.15) is 6.10 Å². The highest BCUT2D eigenvalue weighted by Gasteiger charge is 2.09. The monoisotopic (exact) mass is 206 g/mol. The Hall–Kier alpha value is -0.280. The SMILES string of the molecule is OC[C@H](O)c1ccc(Cl)cc1Cl. The van der Waals surface area contributed by atoms with Gasteiger partial charge in [0.15, 0.2) is 0 Å². The highest BCUT2D eigenvalue weighted by Crippen LogP contribution is 2.25. The van der Waals surface area contributed by atoms with E-state index in [1.165, 1.54) is 6.07 Å². The van der Waals surface area contributed by atoms with Crippen LogP contribution in [0, 0.1) is 0 Å². The third-order valence-corrected chi connectivity index (χ3v) is 2.06. The van der Waals surface area contributed by atoms with Gasteiger partial charge in [-0.25, -0.2) is 0 Å². The Morgan fingerprint density at radius 2 is 2.00 bits per heavy atom. The largest absolute Gasteiger partial charge is 0.393 e. The van der Waals surface area contributed by atoms with Crippen molar-refractivity contribution >= 4 is 23.2 Å². The number of hydrogen-bond donors (Lipinski definition) is 2. The smallest absolute Gasteiger partial charge is 0.103 e. The molecule has 1 atom stereocenters. The zero-order chi connectivity index (χ0) is 9.14. The summed E-state index contributed by atoms with van der Waals surface area (Å²) in [6.07, 6.45) is -0.935. The van der Waals surface area contributed by atoms with Gasteiger partial charge in [-0.15, -0.1) is 0 Å². The predicted molar refractivity (Wildman–Crippen MR) is 48.5 cm³/mol. The number of rotatable bonds is 2. The van der Waals surface area contributed by atoms with Crippen molar-refractivity contribution in [1.29, 1.82) is 0 Å². The van der Waals surface area contributed by atoms with Crippen molar-refractivity contribution < 1.29 is 10.2 Å². The zero-order valence-electron chi connectivity index (χ0n) is 6.17. The van der Waals surface area contributed by atoms with Crippen LogP contribution in [0.15, 0.2) is 18.2 Å². The van der Waals surface area contributed by atoms with Crippen LogP contribution in [-0.2, 0) is 0 Å². The second-order valence-corrected chi connectivity index (χ2v) is 3.21. The lowest BCUT2D eigenvalue weighted by Gasteiger charge is -2.09. The number of halogens is 2. The molecule has 0 fully saturated rings. The van der Waals surface area contributed by atoms with E-state index in [0.717, 1.165) is 0 Å². The van der Waals surface area contributed by atoms with Gasteiger partial charge >= 0.3 is 0 Å². The first-order valence-corrected chi connectivity index (χ1v) is 4.14. The quantitative estimate of drug-likeness (QED) is 0.778. The summed E-state index contributed by atoms with van der Waals surface area (Å²) in [5, 5.41) is 18.7. The fraction of sp³-hybridized carbons (Fsp3) is 0.250. The lowest BCUT2D eigenvalue weighted by Crippen LogP contribution is -2.02. The second kappa shape index (κ2) is 4.10. The van der Waals surface area contributed by atoms with Crippen LogP contribution in [-0.4, -0.2) is 16.8 Å². The van der Waals surface area contributed by atoms with Gasteiger partial charge in [-0.2, -0.15) is 0 Å². The van der Waals surface area contributed by atoms with Gasteiger partial charge in [-0.1, -0.05) is 29.3 Å². The molecule has 1 aromatic carbocycles. The number of aliphatic hydroxyl groups is 2. The average molecular weight is 207 g/mol. The Morgan fingerprint density at radius 1 is 1.33 bits per heavy atom. The minimum absolute atomic E-state index is 0.346. The van der Waals surface area contributed by atoms with Crippen LogP contribution in [0.1, 0.15) is 11.7 Å². The fourth-order valence-corrected chi connectivity index (χ4v) is 1.40. The Labute approximate surface area is 80.4 Å². The van der Waals surface area contributed by atoms with Crippen molar-refractivity contribution in [3.05, 3.63) is 33.8 Å². The van der Waals surface area contributed by atoms with Crippen molar-refractivity contribution in [2.75, 3.05) is 6.61 Å². The van der Waals surface area contributed by atoms with Crippen molar-refractivity contribution in [3.63, 3.8) is 0 Å². The van der Waals surface area contributed by atoms with Crippen LogP contribution in [0.4, 0.5) is 0 Å². The summed E-state index contributed by atoms with van der Waals surface area (Å²) < 4.78 is 0. The molecule has 1 rings (SSSR count). The summed E-state index contributed by atoms with van der Waals surface area (Å²) in [7, 11) is 0. The van der Waals surface area contributed by atoms with Gasteiger partial charge in [0.05, 0.1) is 6.61 Å². The van der Waals surface area contributed by atoms with E-state index < -0.39 is 6.10 Å². The molecule has 4 heteroatoms. The molecule has 12 heavy (non-hydrogen) atoms. The summed E-state index contributed by atoms with van der Waals surface area (Å²) in [4.78, 5) is 0. The predicted octanol–water partition coefficient (Wildman–Crippen LogP) is 2.02. The third kappa shape index (κ3) is 2.11. The maximum atomic E-state index is 9.22. The maximum absolute atomic E-state index is 9.22. The lowest BCUT2D eigenvalue weighted by molar-refractivity contribution is 0.0957. The van der Waals surface area contributed by atoms with Gasteiger partial charge in [-0.05, 0) is 12.1 Å². The molecule has 0 radical (unpaired) electrons. The molecule has 0 spiro atoms. The normalized spacial score (nSPS) is 13.0. The van der Waals surface area contributed by atoms with E-state index in [1.54, 1.807) is 12.1 Å². The molecule has 0 aliphatic rings. The Bertz CT molecular complexity index is 276. The summed E-state index contributed by atoms with van der Waals surface area (Å²) in [6.45, 7) is -0.346. The van der Waals surface area contributed by atoms with E-state index in [0.29, 0.717) is 15.6 Å². The molecular formula is C8H8Cl2O2. The Morgan fingerprint density at radius 3 is 2.50 bits per heavy atom. The second-order valence-electron chi connectivity index (χ2n) is 2.36. The Kier molecular flexibility index (Phi) is 3.35. The van der Waals surface area contributed by atoms with Crippen LogP contribution >= 0.6 is 23.2 Å². The van der Waals surface area contributed by atoms with Crippen LogP contribution in [0.25, 0.3) is 0 Å². The van der Waals surface area contributed by atoms with E-state index in [9.17, 15) is 5.11 Å². The number of aliphatic hydroxyl groups excluding tert-OH is 2. The van der Waals surface area contributed by atoms with Gasteiger partial charge in [-0.3, -0.25) is 0 Å². The van der Waals surface area contributed by atoms with Crippen molar-refractivity contribution in [2.24, 2.45) is 0 Å². The molecule has 66 valence electrons. The third-order valence-electron chi connectivity index (χ3n) is 1.49. The molecule has 0 bridgehead atoms. The van der Waals surface area contributed by atoms with Crippen molar-refractivity contribution in [3.8, 4) is 0 Å². The van der Waals surface area contributed by atoms with Crippen molar-refractivity contribution in [1.82, 2.24) is 0 Å². The van der Waals surface area contributed by atoms with Crippen molar-refractivity contribution in [2.45, 2.75) is 6.10 Å². The molecule has 0 saturated heterocycles. The molecular weight excluding hydrogens is 199 g/mol. The highest BCUT2D eigenvalue weighted by molar-refractivity contribution is 6.35. The van der Waals surface area contributed by atoms with E-state index in [-0.39, 0.29) is 6.61 Å². The fourth-order valence-electron chi connectivity index (χ4n) is 0.870. The summed E-state index contributed by atoms with van der Waals surface area (Å²) >= 11 is 11.4. The highest BCUT2D eigenvalue weighted by atomic mass is 35.5. The topological polar surface area (TPSA) is 40.5 Å². The molecule has 0 heterocycles. The van der Waals surface area contributed by atoms with Crippen LogP contribution in [0.2, 0.25) is 10.0 Å². The first-order chi connectivity index (χ1) is 5.65. The van der Waals surface area contributed by atoms with Gasteiger partial charge < -0.3 is 10.2 Å². The molecule has 1 aromatic rings. The molecule has 0 aliphatic carbocycles. The summed E-state index contributed by atoms with van der Waals surface area (Å²) in [5.41, 5.74) is 0.489. The number of hydrogen-bond acceptors (Lipinski definition) is 2. The molecule has 0 unspecified atom stereocenters. The first-order valence-electron chi connectivity index (χ1n) is 3.39. The number of benzene rings is 1. The standard InChI is InChI=1S/C8H8Cl2O2/c9-5-1-2-6(7(10)3-5)8(12)4-11/h1-3,8,11-12H,4H2/t8-/m0/s1. The molecule has 0 aliphatic heterocycles. The summed E-state index contributed by atoms with van der Waals surface area (Å²) in [5.74, 6) is 0. The summed E-state index contributed by atoms with van der Waals surface area (Å²) in [6, 6.07) is 4.73. The van der Waals surface area contributed by atoms with E-state index in [4.69, 9.17) is 28.3 Å². The zero-order valence-corrected chi connectivity index (χ0v) is 7.68. The molecule has 0 aromatic heterocycles. The van der Waals surface area contributed by atoms with E-state index >= 15 is 0 Å².